The first-order valence-electron chi connectivity index (χ1n) is 32.8. The van der Waals surface area contributed by atoms with Gasteiger partial charge in [0.15, 0.2) is 0 Å². The van der Waals surface area contributed by atoms with Crippen molar-refractivity contribution in [3.8, 4) is 0 Å². The topological polar surface area (TPSA) is 114 Å². The van der Waals surface area contributed by atoms with Crippen molar-refractivity contribution in [2.24, 2.45) is 0 Å². The van der Waals surface area contributed by atoms with E-state index in [4.69, 9.17) is 13.8 Å². The Kier molecular flexibility index (Phi) is 56.9. The van der Waals surface area contributed by atoms with Gasteiger partial charge in [-0.3, -0.25) is 14.2 Å². The summed E-state index contributed by atoms with van der Waals surface area (Å²) in [7, 11) is 1.14. The molecule has 3 atom stereocenters. The Hall–Kier alpha value is -3.59. The summed E-state index contributed by atoms with van der Waals surface area (Å²) in [6, 6.07) is -0.925. The second-order valence-electron chi connectivity index (χ2n) is 22.9. The highest BCUT2D eigenvalue weighted by molar-refractivity contribution is 7.45. The Morgan fingerprint density at radius 2 is 0.802 bits per heavy atom. The molecule has 0 aliphatic rings. The molecule has 0 rings (SSSR count). The number of carbonyl (C=O) groups excluding carboxylic acids is 2. The minimum Gasteiger partial charge on any atom is -0.756 e. The molecule has 0 aromatic heterocycles. The molecule has 464 valence electrons. The Morgan fingerprint density at radius 1 is 0.444 bits per heavy atom. The number of nitrogens with one attached hydrogen (secondary N) is 1. The molecule has 1 amide bonds. The van der Waals surface area contributed by atoms with Crippen LogP contribution in [-0.2, 0) is 27.9 Å². The number of unbranched alkanes of at least 4 members (excludes halogenated alkanes) is 24. The number of quaternary nitrogens is 1. The van der Waals surface area contributed by atoms with Crippen molar-refractivity contribution in [1.29, 1.82) is 0 Å². The Labute approximate surface area is 499 Å². The zero-order chi connectivity index (χ0) is 59.3. The van der Waals surface area contributed by atoms with Crippen LogP contribution in [0.5, 0.6) is 0 Å². The third-order valence-electron chi connectivity index (χ3n) is 13.9. The lowest BCUT2D eigenvalue weighted by Crippen LogP contribution is -2.47. The minimum atomic E-state index is -4.72. The van der Waals surface area contributed by atoms with Crippen LogP contribution in [0.1, 0.15) is 265 Å². The number of amides is 1. The summed E-state index contributed by atoms with van der Waals surface area (Å²) in [4.78, 5) is 40.0. The second kappa shape index (κ2) is 59.6. The van der Waals surface area contributed by atoms with Crippen LogP contribution in [0.4, 0.5) is 0 Å². The van der Waals surface area contributed by atoms with Gasteiger partial charge in [0, 0.05) is 12.8 Å². The van der Waals surface area contributed by atoms with E-state index in [9.17, 15) is 19.0 Å². The zero-order valence-electron chi connectivity index (χ0n) is 52.9. The van der Waals surface area contributed by atoms with Gasteiger partial charge in [-0.05, 0) is 115 Å². The number of phosphoric acid groups is 1. The number of allylic oxidation sites excluding steroid dienone is 19. The summed E-state index contributed by atoms with van der Waals surface area (Å²) in [5.41, 5.74) is 0. The van der Waals surface area contributed by atoms with Crippen molar-refractivity contribution in [3.63, 3.8) is 0 Å². The molecule has 3 unspecified atom stereocenters. The van der Waals surface area contributed by atoms with Crippen LogP contribution < -0.4 is 10.2 Å². The number of hydrogen-bond donors (Lipinski definition) is 1. The molecule has 0 saturated carbocycles. The van der Waals surface area contributed by atoms with Gasteiger partial charge in [0.2, 0.25) is 5.91 Å². The fourth-order valence-corrected chi connectivity index (χ4v) is 9.56. The molecule has 0 heterocycles. The average Bonchev–Trinajstić information content (AvgIpc) is 3.44. The van der Waals surface area contributed by atoms with E-state index in [0.717, 1.165) is 103 Å². The summed E-state index contributed by atoms with van der Waals surface area (Å²) in [6.45, 7) is 6.64. The van der Waals surface area contributed by atoms with Crippen molar-refractivity contribution in [3.05, 3.63) is 122 Å². The first-order chi connectivity index (χ1) is 39.4. The SMILES string of the molecule is CC/C=C\C/C=C\C/C=C\C/C=C\C/C=C\CCCCCCCCCCCCCC(=O)OC(/C=C\CCCCCCCCCCC)C(COP(=O)([O-])OCC[N+](C)(C)C)NC(=O)CCC/C=C\C/C=C\C/C=C\C/C=C\CCCCC. The van der Waals surface area contributed by atoms with E-state index in [-0.39, 0.29) is 31.3 Å². The van der Waals surface area contributed by atoms with Gasteiger partial charge in [-0.25, -0.2) is 0 Å². The maximum Gasteiger partial charge on any atom is 0.306 e. The highest BCUT2D eigenvalue weighted by atomic mass is 31.2. The van der Waals surface area contributed by atoms with Gasteiger partial charge >= 0.3 is 5.97 Å². The third kappa shape index (κ3) is 60.8. The lowest BCUT2D eigenvalue weighted by atomic mass is 10.0. The van der Waals surface area contributed by atoms with Gasteiger partial charge in [0.05, 0.1) is 33.8 Å². The summed E-state index contributed by atoms with van der Waals surface area (Å²) < 4.78 is 30.3. The Balaban J connectivity index is 5.15. The van der Waals surface area contributed by atoms with Crippen LogP contribution in [0, 0.1) is 0 Å². The normalized spacial score (nSPS) is 14.4. The lowest BCUT2D eigenvalue weighted by molar-refractivity contribution is -0.870. The van der Waals surface area contributed by atoms with E-state index < -0.39 is 26.6 Å². The van der Waals surface area contributed by atoms with Gasteiger partial charge < -0.3 is 28.5 Å². The number of esters is 1. The Bertz CT molecular complexity index is 1800. The monoisotopic (exact) mass is 1150 g/mol. The minimum absolute atomic E-state index is 0.0384. The molecular formula is C71H123N2O7P. The molecule has 0 aliphatic carbocycles. The molecule has 0 aromatic carbocycles. The van der Waals surface area contributed by atoms with Gasteiger partial charge in [-0.2, -0.15) is 0 Å². The number of likely N-dealkylation sites (N-methyl/N-ethyl adjacent to an activating group) is 1. The zero-order valence-corrected chi connectivity index (χ0v) is 53.8. The largest absolute Gasteiger partial charge is 0.756 e. The van der Waals surface area contributed by atoms with Crippen molar-refractivity contribution in [2.75, 3.05) is 40.9 Å². The quantitative estimate of drug-likeness (QED) is 0.0212. The maximum absolute atomic E-state index is 13.5. The fraction of sp³-hybridized carbons (Fsp3) is 0.690. The summed E-state index contributed by atoms with van der Waals surface area (Å²) in [5.74, 6) is -0.616. The molecular weight excluding hydrogens is 1020 g/mol. The predicted molar refractivity (Wildman–Crippen MR) is 348 cm³/mol. The molecule has 0 fully saturated rings. The molecule has 0 radical (unpaired) electrons. The highest BCUT2D eigenvalue weighted by Gasteiger charge is 2.27. The van der Waals surface area contributed by atoms with Crippen LogP contribution in [0.3, 0.4) is 0 Å². The fourth-order valence-electron chi connectivity index (χ4n) is 8.83. The van der Waals surface area contributed by atoms with Crippen LogP contribution >= 0.6 is 7.82 Å². The summed E-state index contributed by atoms with van der Waals surface area (Å²) in [6.07, 6.45) is 83.3. The van der Waals surface area contributed by atoms with E-state index in [2.05, 4.69) is 135 Å². The first-order valence-corrected chi connectivity index (χ1v) is 34.3. The number of hydrogen-bond acceptors (Lipinski definition) is 7. The predicted octanol–water partition coefficient (Wildman–Crippen LogP) is 20.0. The molecule has 0 spiro atoms. The smallest absolute Gasteiger partial charge is 0.306 e. The number of carbonyl (C=O) groups is 2. The molecule has 0 bridgehead atoms. The van der Waals surface area contributed by atoms with Crippen LogP contribution in [0.25, 0.3) is 0 Å². The Morgan fingerprint density at radius 3 is 1.23 bits per heavy atom. The van der Waals surface area contributed by atoms with E-state index in [0.29, 0.717) is 23.9 Å². The van der Waals surface area contributed by atoms with Crippen LogP contribution in [0.2, 0.25) is 0 Å². The highest BCUT2D eigenvalue weighted by Crippen LogP contribution is 2.38. The first kappa shape index (κ1) is 77.4. The van der Waals surface area contributed by atoms with Gasteiger partial charge in [0.25, 0.3) is 7.82 Å². The van der Waals surface area contributed by atoms with Crippen LogP contribution in [-0.4, -0.2) is 69.4 Å². The number of phosphoric ester groups is 1. The van der Waals surface area contributed by atoms with Crippen molar-refractivity contribution in [1.82, 2.24) is 5.32 Å². The second-order valence-corrected chi connectivity index (χ2v) is 24.3. The molecule has 0 aromatic rings. The lowest BCUT2D eigenvalue weighted by Gasteiger charge is -2.30. The summed E-state index contributed by atoms with van der Waals surface area (Å²) >= 11 is 0. The molecule has 10 heteroatoms. The number of ether oxygens (including phenoxy) is 1. The molecule has 1 N–H and O–H groups in total. The van der Waals surface area contributed by atoms with E-state index in [1.54, 1.807) is 0 Å². The number of nitrogens with zero attached hydrogens (tertiary/aromatic N) is 1. The van der Waals surface area contributed by atoms with Gasteiger partial charge in [-0.1, -0.05) is 258 Å². The van der Waals surface area contributed by atoms with Crippen molar-refractivity contribution >= 4 is 19.7 Å². The third-order valence-corrected chi connectivity index (χ3v) is 14.8. The van der Waals surface area contributed by atoms with E-state index in [1.165, 1.54) is 116 Å². The molecule has 0 saturated heterocycles. The molecule has 0 aliphatic heterocycles. The van der Waals surface area contributed by atoms with Crippen molar-refractivity contribution < 1.29 is 37.3 Å². The standard InChI is InChI=1S/C71H123N2O7P/c1-7-10-13-16-19-22-25-27-29-31-32-33-34-35-36-37-38-39-40-42-44-46-49-52-55-58-61-64-71(75)80-69(62-59-56-53-50-47-24-21-18-15-12-9-3)68(67-79-81(76,77)78-66-65-73(4,5)6)72-70(74)63-60-57-54-51-48-45-43-41-30-28-26-23-20-17-14-11-8-2/h10,13,19-20,22-23,27-30,32-33,35-36,43,45,51,54,59,62,68-69H,7-9,11-12,14-18,21,24-26,31,34,37-42,44,46-50,52-53,55-58,60-61,63-67H2,1-6H3,(H-,72,74,76,77)/b13-10-,22-19-,23-20-,29-27-,30-28-,33-32-,36-35-,45-43-,54-51-,62-59-. The molecule has 9 nitrogen and oxygen atoms in total. The number of rotatable bonds is 58. The van der Waals surface area contributed by atoms with Crippen LogP contribution in [0.15, 0.2) is 122 Å². The van der Waals surface area contributed by atoms with E-state index >= 15 is 0 Å². The van der Waals surface area contributed by atoms with Crippen molar-refractivity contribution in [2.45, 2.75) is 277 Å². The van der Waals surface area contributed by atoms with Gasteiger partial charge in [0.1, 0.15) is 19.3 Å². The maximum atomic E-state index is 13.5. The average molecular weight is 1150 g/mol. The summed E-state index contributed by atoms with van der Waals surface area (Å²) in [5, 5.41) is 2.99. The van der Waals surface area contributed by atoms with E-state index in [1.807, 2.05) is 33.3 Å². The van der Waals surface area contributed by atoms with Gasteiger partial charge in [-0.15, -0.1) is 0 Å². The molecule has 81 heavy (non-hydrogen) atoms.